The molecule has 0 saturated heterocycles. The average molecular weight is 242 g/mol. The summed E-state index contributed by atoms with van der Waals surface area (Å²) in [5.41, 5.74) is 3.46. The minimum absolute atomic E-state index is 0.0922. The van der Waals surface area contributed by atoms with Gasteiger partial charge in [-0.2, -0.15) is 0 Å². The van der Waals surface area contributed by atoms with Crippen LogP contribution in [0.25, 0.3) is 0 Å². The van der Waals surface area contributed by atoms with E-state index >= 15 is 0 Å². The van der Waals surface area contributed by atoms with E-state index in [1.165, 1.54) is 11.1 Å². The summed E-state index contributed by atoms with van der Waals surface area (Å²) in [7, 11) is 0. The maximum absolute atomic E-state index is 11.2. The molecule has 0 unspecified atom stereocenters. The van der Waals surface area contributed by atoms with Crippen LogP contribution in [0.1, 0.15) is 30.4 Å². The summed E-state index contributed by atoms with van der Waals surface area (Å²) >= 11 is 0. The van der Waals surface area contributed by atoms with Crippen LogP contribution in [-0.4, -0.2) is 12.0 Å². The van der Waals surface area contributed by atoms with Crippen LogP contribution >= 0.6 is 0 Å². The molecule has 3 heteroatoms. The molecule has 2 aliphatic rings. The molecule has 0 saturated carbocycles. The SMILES string of the molecule is CCc1ccc2c(c1)[C@@H]1C=CC[C@H]1[C@H](C(=O)[O-])N2. The third-order valence-electron chi connectivity index (χ3n) is 4.09. The molecule has 0 amide bonds. The van der Waals surface area contributed by atoms with Crippen molar-refractivity contribution in [3.05, 3.63) is 41.5 Å². The normalized spacial score (nSPS) is 28.4. The fraction of sp³-hybridized carbons (Fsp3) is 0.400. The fourth-order valence-electron chi connectivity index (χ4n) is 3.10. The summed E-state index contributed by atoms with van der Waals surface area (Å²) in [4.78, 5) is 11.2. The van der Waals surface area contributed by atoms with Crippen molar-refractivity contribution in [3.63, 3.8) is 0 Å². The predicted octanol–water partition coefficient (Wildman–Crippen LogP) is 1.45. The first kappa shape index (κ1) is 11.3. The molecule has 0 bridgehead atoms. The number of hydrogen-bond donors (Lipinski definition) is 1. The van der Waals surface area contributed by atoms with Crippen molar-refractivity contribution < 1.29 is 9.90 Å². The lowest BCUT2D eigenvalue weighted by Crippen LogP contribution is -2.48. The Hall–Kier alpha value is -1.77. The quantitative estimate of drug-likeness (QED) is 0.799. The predicted molar refractivity (Wildman–Crippen MR) is 68.2 cm³/mol. The lowest BCUT2D eigenvalue weighted by Gasteiger charge is -2.37. The van der Waals surface area contributed by atoms with E-state index in [4.69, 9.17) is 0 Å². The first-order valence-corrected chi connectivity index (χ1v) is 6.47. The summed E-state index contributed by atoms with van der Waals surface area (Å²) in [5.74, 6) is -0.691. The zero-order valence-electron chi connectivity index (χ0n) is 10.3. The van der Waals surface area contributed by atoms with Crippen LogP contribution < -0.4 is 10.4 Å². The molecule has 94 valence electrons. The number of rotatable bonds is 2. The highest BCUT2D eigenvalue weighted by Gasteiger charge is 2.37. The van der Waals surface area contributed by atoms with Gasteiger partial charge in [-0.25, -0.2) is 0 Å². The lowest BCUT2D eigenvalue weighted by atomic mass is 9.79. The highest BCUT2D eigenvalue weighted by atomic mass is 16.4. The van der Waals surface area contributed by atoms with E-state index in [0.717, 1.165) is 18.5 Å². The Kier molecular flexibility index (Phi) is 2.62. The van der Waals surface area contributed by atoms with Crippen molar-refractivity contribution in [1.29, 1.82) is 0 Å². The Balaban J connectivity index is 2.06. The maximum Gasteiger partial charge on any atom is 0.0698 e. The summed E-state index contributed by atoms with van der Waals surface area (Å²) < 4.78 is 0. The summed E-state index contributed by atoms with van der Waals surface area (Å²) in [6, 6.07) is 5.66. The average Bonchev–Trinajstić information content (AvgIpc) is 2.86. The summed E-state index contributed by atoms with van der Waals surface area (Å²) in [6.45, 7) is 2.13. The fourth-order valence-corrected chi connectivity index (χ4v) is 3.10. The molecular formula is C15H16NO2-. The van der Waals surface area contributed by atoms with Crippen molar-refractivity contribution >= 4 is 11.7 Å². The lowest BCUT2D eigenvalue weighted by molar-refractivity contribution is -0.308. The number of benzene rings is 1. The number of hydrogen-bond acceptors (Lipinski definition) is 3. The van der Waals surface area contributed by atoms with Crippen molar-refractivity contribution in [2.75, 3.05) is 5.32 Å². The third-order valence-corrected chi connectivity index (χ3v) is 4.09. The molecule has 1 aliphatic carbocycles. The Labute approximate surface area is 107 Å². The molecule has 0 spiro atoms. The first-order chi connectivity index (χ1) is 8.70. The Morgan fingerprint density at radius 3 is 3.06 bits per heavy atom. The molecular weight excluding hydrogens is 226 g/mol. The van der Waals surface area contributed by atoms with Gasteiger partial charge in [0.1, 0.15) is 0 Å². The Morgan fingerprint density at radius 2 is 2.33 bits per heavy atom. The standard InChI is InChI=1S/C15H17NO2/c1-2-9-6-7-13-12(8-9)10-4-3-5-11(10)14(16-13)15(17)18/h3-4,6-8,10-11,14,16H,2,5H2,1H3,(H,17,18)/p-1/t10-,11-,14-/m1/s1. The monoisotopic (exact) mass is 242 g/mol. The molecule has 18 heavy (non-hydrogen) atoms. The van der Waals surface area contributed by atoms with Crippen molar-refractivity contribution in [2.45, 2.75) is 31.7 Å². The number of carbonyl (C=O) groups is 1. The van der Waals surface area contributed by atoms with E-state index in [1.54, 1.807) is 0 Å². The second-order valence-corrected chi connectivity index (χ2v) is 5.07. The van der Waals surface area contributed by atoms with Gasteiger partial charge in [-0.3, -0.25) is 0 Å². The minimum Gasteiger partial charge on any atom is -0.548 e. The van der Waals surface area contributed by atoms with Gasteiger partial charge in [0, 0.05) is 11.6 Å². The van der Waals surface area contributed by atoms with E-state index in [-0.39, 0.29) is 11.8 Å². The van der Waals surface area contributed by atoms with Gasteiger partial charge in [0.2, 0.25) is 0 Å². The van der Waals surface area contributed by atoms with Gasteiger partial charge >= 0.3 is 0 Å². The number of carboxylic acid groups (broad SMARTS) is 1. The zero-order valence-corrected chi connectivity index (χ0v) is 10.3. The number of aliphatic carboxylic acids is 1. The van der Waals surface area contributed by atoms with Crippen LogP contribution in [0.3, 0.4) is 0 Å². The second-order valence-electron chi connectivity index (χ2n) is 5.07. The largest absolute Gasteiger partial charge is 0.548 e. The number of anilines is 1. The summed E-state index contributed by atoms with van der Waals surface area (Å²) in [6.07, 6.45) is 6.03. The highest BCUT2D eigenvalue weighted by Crippen LogP contribution is 2.44. The first-order valence-electron chi connectivity index (χ1n) is 6.47. The Morgan fingerprint density at radius 1 is 1.50 bits per heavy atom. The van der Waals surface area contributed by atoms with Crippen LogP contribution in [0.15, 0.2) is 30.4 Å². The van der Waals surface area contributed by atoms with Crippen molar-refractivity contribution in [1.82, 2.24) is 0 Å². The molecule has 3 nitrogen and oxygen atoms in total. The molecule has 1 N–H and O–H groups in total. The molecule has 1 heterocycles. The molecule has 3 atom stereocenters. The van der Waals surface area contributed by atoms with E-state index in [2.05, 4.69) is 36.5 Å². The topological polar surface area (TPSA) is 52.2 Å². The van der Waals surface area contributed by atoms with E-state index in [1.807, 2.05) is 6.07 Å². The number of carbonyl (C=O) groups excluding carboxylic acids is 1. The van der Waals surface area contributed by atoms with Gasteiger partial charge < -0.3 is 15.2 Å². The van der Waals surface area contributed by atoms with E-state index < -0.39 is 12.0 Å². The van der Waals surface area contributed by atoms with E-state index in [0.29, 0.717) is 0 Å². The summed E-state index contributed by atoms with van der Waals surface area (Å²) in [5, 5.41) is 14.3. The Bertz CT molecular complexity index is 521. The molecule has 0 aromatic heterocycles. The van der Waals surface area contributed by atoms with Gasteiger partial charge in [0.05, 0.1) is 12.0 Å². The molecule has 1 aliphatic heterocycles. The number of allylic oxidation sites excluding steroid dienone is 2. The van der Waals surface area contributed by atoms with E-state index in [9.17, 15) is 9.90 Å². The van der Waals surface area contributed by atoms with Crippen LogP contribution in [0.4, 0.5) is 5.69 Å². The minimum atomic E-state index is -1.00. The number of aryl methyl sites for hydroxylation is 1. The van der Waals surface area contributed by atoms with Gasteiger partial charge in [-0.05, 0) is 36.0 Å². The van der Waals surface area contributed by atoms with Gasteiger partial charge in [-0.15, -0.1) is 0 Å². The molecule has 0 fully saturated rings. The van der Waals surface area contributed by atoms with Crippen molar-refractivity contribution in [2.24, 2.45) is 5.92 Å². The molecule has 3 rings (SSSR count). The van der Waals surface area contributed by atoms with Crippen LogP contribution in [0.2, 0.25) is 0 Å². The number of fused-ring (bicyclic) bond motifs is 3. The van der Waals surface area contributed by atoms with Crippen molar-refractivity contribution in [3.8, 4) is 0 Å². The van der Waals surface area contributed by atoms with Gasteiger partial charge in [-0.1, -0.05) is 31.2 Å². The van der Waals surface area contributed by atoms with Crippen LogP contribution in [-0.2, 0) is 11.2 Å². The number of nitrogens with one attached hydrogen (secondary N) is 1. The van der Waals surface area contributed by atoms with Gasteiger partial charge in [0.25, 0.3) is 0 Å². The molecule has 1 aromatic carbocycles. The molecule has 0 radical (unpaired) electrons. The smallest absolute Gasteiger partial charge is 0.0698 e. The van der Waals surface area contributed by atoms with Crippen LogP contribution in [0.5, 0.6) is 0 Å². The van der Waals surface area contributed by atoms with Gasteiger partial charge in [0.15, 0.2) is 0 Å². The number of carboxylic acids is 1. The van der Waals surface area contributed by atoms with Crippen LogP contribution in [0, 0.1) is 5.92 Å². The highest BCUT2D eigenvalue weighted by molar-refractivity contribution is 5.79. The maximum atomic E-state index is 11.2. The zero-order chi connectivity index (χ0) is 12.7. The third kappa shape index (κ3) is 1.62. The molecule has 1 aromatic rings. The second kappa shape index (κ2) is 4.16.